The summed E-state index contributed by atoms with van der Waals surface area (Å²) in [4.78, 5) is 5.14. The summed E-state index contributed by atoms with van der Waals surface area (Å²) >= 11 is 0. The van der Waals surface area contributed by atoms with E-state index in [9.17, 15) is 0 Å². The molecule has 2 heterocycles. The molecule has 0 radical (unpaired) electrons. The zero-order valence-electron chi connectivity index (χ0n) is 9.38. The minimum absolute atomic E-state index is 0.416. The fraction of sp³-hybridized carbons (Fsp3) is 1.00. The third kappa shape index (κ3) is 1.31. The van der Waals surface area contributed by atoms with E-state index in [-0.39, 0.29) is 0 Å². The average molecular weight is 182 g/mol. The standard InChI is InChI=1S/C11H22N2/c1-9-5-11(12(3)7-9)6-10(2)8-13(11)4/h9-10H,5-8H2,1-4H3. The molecule has 2 heteroatoms. The SMILES string of the molecule is CC1CN(C)C2(C1)CC(C)CN2C. The van der Waals surface area contributed by atoms with Gasteiger partial charge in [0.1, 0.15) is 0 Å². The predicted octanol–water partition coefficient (Wildman–Crippen LogP) is 1.63. The Kier molecular flexibility index (Phi) is 2.16. The number of likely N-dealkylation sites (tertiary alicyclic amines) is 2. The molecule has 0 aromatic rings. The molecule has 13 heavy (non-hydrogen) atoms. The maximum Gasteiger partial charge on any atom is 0.0739 e. The summed E-state index contributed by atoms with van der Waals surface area (Å²) in [6, 6.07) is 0. The monoisotopic (exact) mass is 182 g/mol. The first-order valence-electron chi connectivity index (χ1n) is 5.47. The predicted molar refractivity (Wildman–Crippen MR) is 55.6 cm³/mol. The molecule has 0 aromatic carbocycles. The topological polar surface area (TPSA) is 6.48 Å². The first-order valence-corrected chi connectivity index (χ1v) is 5.47. The van der Waals surface area contributed by atoms with Crippen molar-refractivity contribution >= 4 is 0 Å². The van der Waals surface area contributed by atoms with Crippen LogP contribution in [0.2, 0.25) is 0 Å². The molecule has 0 amide bonds. The van der Waals surface area contributed by atoms with E-state index in [1.54, 1.807) is 0 Å². The van der Waals surface area contributed by atoms with Gasteiger partial charge in [0.05, 0.1) is 5.66 Å². The third-order valence-electron chi connectivity index (χ3n) is 3.94. The molecule has 0 aromatic heterocycles. The van der Waals surface area contributed by atoms with Crippen molar-refractivity contribution in [1.82, 2.24) is 9.80 Å². The van der Waals surface area contributed by atoms with Crippen LogP contribution in [0.3, 0.4) is 0 Å². The van der Waals surface area contributed by atoms with E-state index in [0.29, 0.717) is 5.66 Å². The number of hydrogen-bond donors (Lipinski definition) is 0. The van der Waals surface area contributed by atoms with Crippen LogP contribution in [0.4, 0.5) is 0 Å². The lowest BCUT2D eigenvalue weighted by Crippen LogP contribution is -2.50. The van der Waals surface area contributed by atoms with Crippen molar-refractivity contribution < 1.29 is 0 Å². The van der Waals surface area contributed by atoms with Crippen molar-refractivity contribution in [1.29, 1.82) is 0 Å². The molecule has 2 rings (SSSR count). The Morgan fingerprint density at radius 2 is 1.31 bits per heavy atom. The molecule has 2 unspecified atom stereocenters. The molecule has 2 fully saturated rings. The molecule has 2 atom stereocenters. The highest BCUT2D eigenvalue weighted by Crippen LogP contribution is 2.43. The van der Waals surface area contributed by atoms with Gasteiger partial charge < -0.3 is 0 Å². The smallest absolute Gasteiger partial charge is 0.0739 e. The second-order valence-electron chi connectivity index (χ2n) is 5.36. The Balaban J connectivity index is 2.20. The van der Waals surface area contributed by atoms with Crippen molar-refractivity contribution in [2.45, 2.75) is 32.4 Å². The van der Waals surface area contributed by atoms with Crippen LogP contribution in [0.15, 0.2) is 0 Å². The fourth-order valence-electron chi connectivity index (χ4n) is 3.52. The van der Waals surface area contributed by atoms with Crippen LogP contribution in [0.5, 0.6) is 0 Å². The van der Waals surface area contributed by atoms with Crippen LogP contribution in [0.25, 0.3) is 0 Å². The van der Waals surface area contributed by atoms with Crippen molar-refractivity contribution in [3.63, 3.8) is 0 Å². The summed E-state index contributed by atoms with van der Waals surface area (Å²) in [6.07, 6.45) is 2.73. The largest absolute Gasteiger partial charge is 0.288 e. The van der Waals surface area contributed by atoms with E-state index >= 15 is 0 Å². The molecule has 2 nitrogen and oxygen atoms in total. The van der Waals surface area contributed by atoms with Gasteiger partial charge in [-0.1, -0.05) is 13.8 Å². The van der Waals surface area contributed by atoms with Gasteiger partial charge in [-0.2, -0.15) is 0 Å². The molecule has 0 saturated carbocycles. The zero-order valence-corrected chi connectivity index (χ0v) is 9.38. The van der Waals surface area contributed by atoms with E-state index in [1.165, 1.54) is 25.9 Å². The van der Waals surface area contributed by atoms with E-state index in [1.807, 2.05) is 0 Å². The third-order valence-corrected chi connectivity index (χ3v) is 3.94. The Morgan fingerprint density at radius 3 is 1.54 bits per heavy atom. The summed E-state index contributed by atoms with van der Waals surface area (Å²) in [5.74, 6) is 1.75. The van der Waals surface area contributed by atoms with Gasteiger partial charge in [0.25, 0.3) is 0 Å². The highest BCUT2D eigenvalue weighted by Gasteiger charge is 2.49. The molecule has 0 N–H and O–H groups in total. The minimum Gasteiger partial charge on any atom is -0.288 e. The van der Waals surface area contributed by atoms with Gasteiger partial charge in [-0.3, -0.25) is 9.80 Å². The lowest BCUT2D eigenvalue weighted by molar-refractivity contribution is 0.0381. The Morgan fingerprint density at radius 1 is 0.923 bits per heavy atom. The summed E-state index contributed by atoms with van der Waals surface area (Å²) in [5, 5.41) is 0. The highest BCUT2D eigenvalue weighted by molar-refractivity contribution is 5.00. The Labute approximate surface area is 81.9 Å². The molecule has 0 bridgehead atoms. The maximum absolute atomic E-state index is 2.57. The normalized spacial score (nSPS) is 48.0. The van der Waals surface area contributed by atoms with Crippen molar-refractivity contribution in [2.24, 2.45) is 11.8 Å². The second kappa shape index (κ2) is 2.96. The van der Waals surface area contributed by atoms with Gasteiger partial charge in [0, 0.05) is 13.1 Å². The van der Waals surface area contributed by atoms with Gasteiger partial charge in [-0.25, -0.2) is 0 Å². The minimum atomic E-state index is 0.416. The molecular formula is C11H22N2. The van der Waals surface area contributed by atoms with Crippen LogP contribution < -0.4 is 0 Å². The first kappa shape index (κ1) is 9.47. The summed E-state index contributed by atoms with van der Waals surface area (Å²) in [6.45, 7) is 7.30. The molecule has 2 saturated heterocycles. The van der Waals surface area contributed by atoms with Crippen LogP contribution in [-0.2, 0) is 0 Å². The van der Waals surface area contributed by atoms with Gasteiger partial charge in [0.15, 0.2) is 0 Å². The number of nitrogens with zero attached hydrogens (tertiary/aromatic N) is 2. The van der Waals surface area contributed by atoms with Gasteiger partial charge in [-0.05, 0) is 38.8 Å². The second-order valence-corrected chi connectivity index (χ2v) is 5.36. The molecular weight excluding hydrogens is 160 g/mol. The summed E-state index contributed by atoms with van der Waals surface area (Å²) in [7, 11) is 4.58. The van der Waals surface area contributed by atoms with E-state index in [0.717, 1.165) is 11.8 Å². The van der Waals surface area contributed by atoms with Crippen molar-refractivity contribution in [3.05, 3.63) is 0 Å². The average Bonchev–Trinajstić information content (AvgIpc) is 2.40. The van der Waals surface area contributed by atoms with Gasteiger partial charge in [-0.15, -0.1) is 0 Å². The lowest BCUT2D eigenvalue weighted by atomic mass is 9.96. The van der Waals surface area contributed by atoms with E-state index in [4.69, 9.17) is 0 Å². The first-order chi connectivity index (χ1) is 6.04. The van der Waals surface area contributed by atoms with Crippen LogP contribution >= 0.6 is 0 Å². The number of rotatable bonds is 0. The maximum atomic E-state index is 2.57. The Bertz CT molecular complexity index is 180. The zero-order chi connectivity index (χ0) is 9.64. The summed E-state index contributed by atoms with van der Waals surface area (Å²) < 4.78 is 0. The molecule has 0 aliphatic carbocycles. The Hall–Kier alpha value is -0.0800. The lowest BCUT2D eigenvalue weighted by Gasteiger charge is -2.38. The molecule has 76 valence electrons. The van der Waals surface area contributed by atoms with E-state index in [2.05, 4.69) is 37.7 Å². The summed E-state index contributed by atoms with van der Waals surface area (Å²) in [5.41, 5.74) is 0.416. The van der Waals surface area contributed by atoms with Crippen LogP contribution in [0.1, 0.15) is 26.7 Å². The van der Waals surface area contributed by atoms with Crippen LogP contribution in [0, 0.1) is 11.8 Å². The van der Waals surface area contributed by atoms with E-state index < -0.39 is 0 Å². The van der Waals surface area contributed by atoms with Crippen LogP contribution in [-0.4, -0.2) is 42.6 Å². The number of hydrogen-bond acceptors (Lipinski definition) is 2. The van der Waals surface area contributed by atoms with Gasteiger partial charge >= 0.3 is 0 Å². The fourth-order valence-corrected chi connectivity index (χ4v) is 3.52. The molecule has 2 aliphatic heterocycles. The van der Waals surface area contributed by atoms with Crippen molar-refractivity contribution in [2.75, 3.05) is 27.2 Å². The van der Waals surface area contributed by atoms with Crippen molar-refractivity contribution in [3.8, 4) is 0 Å². The molecule has 2 aliphatic rings. The molecule has 1 spiro atoms. The highest BCUT2D eigenvalue weighted by atomic mass is 15.4. The quantitative estimate of drug-likeness (QED) is 0.562. The van der Waals surface area contributed by atoms with Gasteiger partial charge in [0.2, 0.25) is 0 Å².